The molecule has 146 valence electrons. The monoisotopic (exact) mass is 368 g/mol. The number of carbonyl (C=O) groups excluding carboxylic acids is 1. The fourth-order valence-electron chi connectivity index (χ4n) is 3.82. The molecule has 27 heavy (non-hydrogen) atoms. The highest BCUT2D eigenvalue weighted by molar-refractivity contribution is 5.94. The van der Waals surface area contributed by atoms with Crippen LogP contribution < -0.4 is 0 Å². The summed E-state index contributed by atoms with van der Waals surface area (Å²) in [5.41, 5.74) is 4.16. The lowest BCUT2D eigenvalue weighted by Gasteiger charge is -2.21. The summed E-state index contributed by atoms with van der Waals surface area (Å²) in [7, 11) is 1.87. The third-order valence-electron chi connectivity index (χ3n) is 5.38. The molecule has 1 aromatic heterocycles. The number of aromatic nitrogens is 2. The van der Waals surface area contributed by atoms with Gasteiger partial charge in [-0.1, -0.05) is 25.0 Å². The molecule has 0 spiro atoms. The van der Waals surface area contributed by atoms with Crippen molar-refractivity contribution in [3.05, 3.63) is 52.8 Å². The molecular weight excluding hydrogens is 336 g/mol. The van der Waals surface area contributed by atoms with Crippen molar-refractivity contribution in [3.8, 4) is 0 Å². The van der Waals surface area contributed by atoms with Gasteiger partial charge in [-0.05, 0) is 63.5 Å². The number of hydrogen-bond donors (Lipinski definition) is 0. The maximum Gasteiger partial charge on any atom is 0.253 e. The first kappa shape index (κ1) is 19.6. The standard InChI is InChI=1S/C22H32N4O/c1-18-15-19(2)26(23-18)14-13-24(3)22(27)21-10-8-9-20(16-21)17-25-11-6-4-5-7-12-25/h8-10,15-16H,4-7,11-14,17H2,1-3H3. The molecule has 1 fully saturated rings. The molecule has 2 aromatic rings. The average molecular weight is 369 g/mol. The lowest BCUT2D eigenvalue weighted by molar-refractivity contribution is 0.0788. The molecule has 1 aliphatic heterocycles. The van der Waals surface area contributed by atoms with Crippen molar-refractivity contribution >= 4 is 5.91 Å². The molecular formula is C22H32N4O. The van der Waals surface area contributed by atoms with Crippen LogP contribution >= 0.6 is 0 Å². The first-order valence-corrected chi connectivity index (χ1v) is 10.1. The summed E-state index contributed by atoms with van der Waals surface area (Å²) in [5.74, 6) is 0.0780. The Morgan fingerprint density at radius 2 is 1.85 bits per heavy atom. The van der Waals surface area contributed by atoms with Gasteiger partial charge < -0.3 is 4.90 Å². The zero-order chi connectivity index (χ0) is 19.2. The fourth-order valence-corrected chi connectivity index (χ4v) is 3.82. The Morgan fingerprint density at radius 1 is 1.11 bits per heavy atom. The second kappa shape index (κ2) is 9.18. The second-order valence-electron chi connectivity index (χ2n) is 7.77. The van der Waals surface area contributed by atoms with E-state index in [4.69, 9.17) is 0 Å². The van der Waals surface area contributed by atoms with Crippen molar-refractivity contribution in [1.29, 1.82) is 0 Å². The summed E-state index contributed by atoms with van der Waals surface area (Å²) in [6.07, 6.45) is 5.26. The Hall–Kier alpha value is -2.14. The maximum atomic E-state index is 12.8. The van der Waals surface area contributed by atoms with Crippen LogP contribution in [-0.4, -0.2) is 52.2 Å². The first-order valence-electron chi connectivity index (χ1n) is 10.1. The molecule has 5 heteroatoms. The van der Waals surface area contributed by atoms with Crippen LogP contribution in [0.2, 0.25) is 0 Å². The molecule has 1 aliphatic rings. The van der Waals surface area contributed by atoms with E-state index in [9.17, 15) is 4.79 Å². The van der Waals surface area contributed by atoms with Crippen LogP contribution in [0.1, 0.15) is 53.0 Å². The van der Waals surface area contributed by atoms with Crippen LogP contribution in [0.4, 0.5) is 0 Å². The van der Waals surface area contributed by atoms with Gasteiger partial charge in [0.15, 0.2) is 0 Å². The minimum absolute atomic E-state index is 0.0780. The number of benzene rings is 1. The lowest BCUT2D eigenvalue weighted by atomic mass is 10.1. The topological polar surface area (TPSA) is 41.4 Å². The lowest BCUT2D eigenvalue weighted by Crippen LogP contribution is -2.30. The predicted octanol–water partition coefficient (Wildman–Crippen LogP) is 3.65. The summed E-state index contributed by atoms with van der Waals surface area (Å²) in [5, 5.41) is 4.47. The van der Waals surface area contributed by atoms with Crippen LogP contribution in [0, 0.1) is 13.8 Å². The Bertz CT molecular complexity index is 759. The van der Waals surface area contributed by atoms with E-state index in [0.29, 0.717) is 6.54 Å². The molecule has 3 rings (SSSR count). The summed E-state index contributed by atoms with van der Waals surface area (Å²) in [6, 6.07) is 10.2. The summed E-state index contributed by atoms with van der Waals surface area (Å²) >= 11 is 0. The van der Waals surface area contributed by atoms with E-state index in [0.717, 1.165) is 30.0 Å². The molecule has 1 saturated heterocycles. The van der Waals surface area contributed by atoms with Crippen molar-refractivity contribution in [2.24, 2.45) is 0 Å². The normalized spacial score (nSPS) is 15.5. The average Bonchev–Trinajstić information content (AvgIpc) is 2.84. The number of amides is 1. The van der Waals surface area contributed by atoms with Crippen LogP contribution in [0.3, 0.4) is 0 Å². The number of hydrogen-bond acceptors (Lipinski definition) is 3. The Morgan fingerprint density at radius 3 is 2.52 bits per heavy atom. The van der Waals surface area contributed by atoms with Crippen molar-refractivity contribution in [1.82, 2.24) is 19.6 Å². The van der Waals surface area contributed by atoms with Gasteiger partial charge in [-0.2, -0.15) is 5.10 Å². The van der Waals surface area contributed by atoms with Crippen LogP contribution in [0.5, 0.6) is 0 Å². The van der Waals surface area contributed by atoms with Gasteiger partial charge in [0.25, 0.3) is 5.91 Å². The van der Waals surface area contributed by atoms with Gasteiger partial charge in [-0.15, -0.1) is 0 Å². The number of likely N-dealkylation sites (tertiary alicyclic amines) is 1. The zero-order valence-corrected chi connectivity index (χ0v) is 16.9. The molecule has 0 atom stereocenters. The molecule has 1 amide bonds. The summed E-state index contributed by atoms with van der Waals surface area (Å²) in [4.78, 5) is 17.1. The molecule has 0 bridgehead atoms. The van der Waals surface area contributed by atoms with Crippen molar-refractivity contribution in [2.45, 2.75) is 52.6 Å². The first-order chi connectivity index (χ1) is 13.0. The van der Waals surface area contributed by atoms with E-state index >= 15 is 0 Å². The van der Waals surface area contributed by atoms with Crippen LogP contribution in [0.25, 0.3) is 0 Å². The van der Waals surface area contributed by atoms with Gasteiger partial charge in [-0.25, -0.2) is 0 Å². The molecule has 5 nitrogen and oxygen atoms in total. The number of nitrogens with zero attached hydrogens (tertiary/aromatic N) is 4. The van der Waals surface area contributed by atoms with E-state index in [1.807, 2.05) is 37.7 Å². The molecule has 0 radical (unpaired) electrons. The van der Waals surface area contributed by atoms with E-state index in [1.54, 1.807) is 4.90 Å². The molecule has 0 N–H and O–H groups in total. The van der Waals surface area contributed by atoms with Crippen LogP contribution in [-0.2, 0) is 13.1 Å². The van der Waals surface area contributed by atoms with Gasteiger partial charge in [0.05, 0.1) is 12.2 Å². The Balaban J connectivity index is 1.59. The fraction of sp³-hybridized carbons (Fsp3) is 0.545. The molecule has 0 unspecified atom stereocenters. The maximum absolute atomic E-state index is 12.8. The van der Waals surface area contributed by atoms with Crippen molar-refractivity contribution in [2.75, 3.05) is 26.7 Å². The van der Waals surface area contributed by atoms with Gasteiger partial charge in [0.2, 0.25) is 0 Å². The number of carbonyl (C=O) groups is 1. The van der Waals surface area contributed by atoms with E-state index in [1.165, 1.54) is 44.3 Å². The van der Waals surface area contributed by atoms with Gasteiger partial charge in [0, 0.05) is 31.4 Å². The quantitative estimate of drug-likeness (QED) is 0.781. The molecule has 0 aliphatic carbocycles. The molecule has 2 heterocycles. The Kier molecular flexibility index (Phi) is 6.67. The predicted molar refractivity (Wildman–Crippen MR) is 109 cm³/mol. The smallest absolute Gasteiger partial charge is 0.253 e. The highest BCUT2D eigenvalue weighted by atomic mass is 16.2. The molecule has 0 saturated carbocycles. The highest BCUT2D eigenvalue weighted by Gasteiger charge is 2.14. The summed E-state index contributed by atoms with van der Waals surface area (Å²) < 4.78 is 1.97. The van der Waals surface area contributed by atoms with E-state index < -0.39 is 0 Å². The van der Waals surface area contributed by atoms with Crippen molar-refractivity contribution < 1.29 is 4.79 Å². The van der Waals surface area contributed by atoms with Gasteiger partial charge in [-0.3, -0.25) is 14.4 Å². The second-order valence-corrected chi connectivity index (χ2v) is 7.77. The number of likely N-dealkylation sites (N-methyl/N-ethyl adjacent to an activating group) is 1. The van der Waals surface area contributed by atoms with Gasteiger partial charge in [0.1, 0.15) is 0 Å². The number of rotatable bonds is 6. The third kappa shape index (κ3) is 5.42. The highest BCUT2D eigenvalue weighted by Crippen LogP contribution is 2.15. The zero-order valence-electron chi connectivity index (χ0n) is 16.9. The minimum atomic E-state index is 0.0780. The van der Waals surface area contributed by atoms with Gasteiger partial charge >= 0.3 is 0 Å². The van der Waals surface area contributed by atoms with E-state index in [2.05, 4.69) is 28.2 Å². The number of aryl methyl sites for hydroxylation is 2. The summed E-state index contributed by atoms with van der Waals surface area (Å²) in [6.45, 7) is 8.69. The third-order valence-corrected chi connectivity index (χ3v) is 5.38. The molecule has 1 aromatic carbocycles. The largest absolute Gasteiger partial charge is 0.340 e. The minimum Gasteiger partial charge on any atom is -0.340 e. The van der Waals surface area contributed by atoms with E-state index in [-0.39, 0.29) is 5.91 Å². The van der Waals surface area contributed by atoms with Crippen LogP contribution in [0.15, 0.2) is 30.3 Å². The Labute approximate surface area is 163 Å². The van der Waals surface area contributed by atoms with Crippen molar-refractivity contribution in [3.63, 3.8) is 0 Å². The SMILES string of the molecule is Cc1cc(C)n(CCN(C)C(=O)c2cccc(CN3CCCCCC3)c2)n1.